The van der Waals surface area contributed by atoms with E-state index in [1.165, 1.54) is 0 Å². The summed E-state index contributed by atoms with van der Waals surface area (Å²) in [4.78, 5) is 6.38. The van der Waals surface area contributed by atoms with Crippen molar-refractivity contribution in [1.82, 2.24) is 10.2 Å². The van der Waals surface area contributed by atoms with Crippen LogP contribution in [0.1, 0.15) is 30.5 Å². The highest BCUT2D eigenvalue weighted by molar-refractivity contribution is 5.88. The zero-order valence-electron chi connectivity index (χ0n) is 13.9. The molecule has 2 aliphatic heterocycles. The standard InChI is InChI=1S/C18H21N5/c1-11(2)18(14-8-12(3)7-13(4)9-14)15(10-19)16(20)22-17-21-5-6-23(17)18/h5-9,11H,20H2,1-4H3,(H,21,22). The van der Waals surface area contributed by atoms with Gasteiger partial charge in [0.05, 0.1) is 0 Å². The lowest BCUT2D eigenvalue weighted by Crippen LogP contribution is -2.54. The van der Waals surface area contributed by atoms with Crippen LogP contribution in [-0.2, 0) is 5.54 Å². The molecule has 0 aromatic heterocycles. The number of nitrogens with zero attached hydrogens (tertiary/aromatic N) is 3. The third-order valence-corrected chi connectivity index (χ3v) is 4.52. The Morgan fingerprint density at radius 2 is 1.91 bits per heavy atom. The number of aliphatic imine (C=N–C) groups is 1. The minimum absolute atomic E-state index is 0.118. The van der Waals surface area contributed by atoms with Gasteiger partial charge in [0, 0.05) is 12.4 Å². The van der Waals surface area contributed by atoms with Crippen LogP contribution in [0.15, 0.2) is 47.0 Å². The molecule has 0 aliphatic carbocycles. The maximum Gasteiger partial charge on any atom is 0.209 e. The number of nitrogens with two attached hydrogens (primary N) is 1. The van der Waals surface area contributed by atoms with Crippen LogP contribution in [-0.4, -0.2) is 10.9 Å². The zero-order valence-corrected chi connectivity index (χ0v) is 13.9. The summed E-state index contributed by atoms with van der Waals surface area (Å²) in [5.74, 6) is 1.06. The first-order valence-corrected chi connectivity index (χ1v) is 7.71. The van der Waals surface area contributed by atoms with Crippen LogP contribution in [0, 0.1) is 31.1 Å². The van der Waals surface area contributed by atoms with Crippen LogP contribution < -0.4 is 11.1 Å². The molecule has 0 bridgehead atoms. The molecule has 5 heteroatoms. The molecule has 3 N–H and O–H groups in total. The van der Waals surface area contributed by atoms with Gasteiger partial charge < -0.3 is 16.0 Å². The number of hydrogen-bond acceptors (Lipinski definition) is 5. The molecule has 1 atom stereocenters. The van der Waals surface area contributed by atoms with E-state index >= 15 is 0 Å². The van der Waals surface area contributed by atoms with Crippen molar-refractivity contribution < 1.29 is 0 Å². The number of fused-ring (bicyclic) bond motifs is 1. The van der Waals surface area contributed by atoms with E-state index in [0.29, 0.717) is 11.5 Å². The van der Waals surface area contributed by atoms with E-state index in [2.05, 4.69) is 62.3 Å². The summed E-state index contributed by atoms with van der Waals surface area (Å²) in [6, 6.07) is 8.72. The normalized spacial score (nSPS) is 22.8. The molecular formula is C18H21N5. The first kappa shape index (κ1) is 15.2. The van der Waals surface area contributed by atoms with Gasteiger partial charge in [-0.15, -0.1) is 0 Å². The second-order valence-electron chi connectivity index (χ2n) is 6.44. The molecule has 1 aromatic rings. The molecule has 1 aromatic carbocycles. The van der Waals surface area contributed by atoms with Crippen LogP contribution in [0.5, 0.6) is 0 Å². The van der Waals surface area contributed by atoms with E-state index in [4.69, 9.17) is 5.73 Å². The fourth-order valence-electron chi connectivity index (χ4n) is 3.70. The predicted molar refractivity (Wildman–Crippen MR) is 90.8 cm³/mol. The highest BCUT2D eigenvalue weighted by Crippen LogP contribution is 2.46. The monoisotopic (exact) mass is 307 g/mol. The van der Waals surface area contributed by atoms with Crippen LogP contribution >= 0.6 is 0 Å². The molecule has 118 valence electrons. The number of aryl methyl sites for hydroxylation is 2. The Hall–Kier alpha value is -2.74. The minimum Gasteiger partial charge on any atom is -0.383 e. The molecule has 0 amide bonds. The first-order valence-electron chi connectivity index (χ1n) is 7.71. The number of hydrogen-bond donors (Lipinski definition) is 2. The van der Waals surface area contributed by atoms with Gasteiger partial charge >= 0.3 is 0 Å². The van der Waals surface area contributed by atoms with Gasteiger partial charge in [0.1, 0.15) is 23.0 Å². The average Bonchev–Trinajstić information content (AvgIpc) is 2.92. The fourth-order valence-corrected chi connectivity index (χ4v) is 3.70. The number of guanidine groups is 1. The van der Waals surface area contributed by atoms with Crippen LogP contribution in [0.2, 0.25) is 0 Å². The lowest BCUT2D eigenvalue weighted by Gasteiger charge is -2.47. The minimum atomic E-state index is -0.660. The van der Waals surface area contributed by atoms with Crippen LogP contribution in [0.25, 0.3) is 0 Å². The molecule has 3 rings (SSSR count). The molecule has 2 heterocycles. The number of nitriles is 1. The van der Waals surface area contributed by atoms with E-state index in [1.54, 1.807) is 0 Å². The highest BCUT2D eigenvalue weighted by Gasteiger charge is 2.50. The molecule has 23 heavy (non-hydrogen) atoms. The van der Waals surface area contributed by atoms with Crippen molar-refractivity contribution in [3.8, 4) is 6.07 Å². The van der Waals surface area contributed by atoms with Crippen LogP contribution in [0.3, 0.4) is 0 Å². The average molecular weight is 307 g/mol. The van der Waals surface area contributed by atoms with E-state index in [-0.39, 0.29) is 11.7 Å². The number of rotatable bonds is 2. The number of nitrogens with one attached hydrogen (secondary N) is 1. The molecule has 0 radical (unpaired) electrons. The highest BCUT2D eigenvalue weighted by atomic mass is 15.4. The second kappa shape index (κ2) is 5.17. The third kappa shape index (κ3) is 2.02. The van der Waals surface area contributed by atoms with Gasteiger partial charge in [-0.25, -0.2) is 0 Å². The summed E-state index contributed by atoms with van der Waals surface area (Å²) in [6.07, 6.45) is 3.76. The summed E-state index contributed by atoms with van der Waals surface area (Å²) in [5, 5.41) is 13.0. The molecule has 0 saturated carbocycles. The summed E-state index contributed by atoms with van der Waals surface area (Å²) in [6.45, 7) is 8.36. The van der Waals surface area contributed by atoms with Gasteiger partial charge in [0.2, 0.25) is 5.96 Å². The first-order chi connectivity index (χ1) is 10.9. The van der Waals surface area contributed by atoms with Crippen LogP contribution in [0.4, 0.5) is 0 Å². The largest absolute Gasteiger partial charge is 0.383 e. The lowest BCUT2D eigenvalue weighted by molar-refractivity contribution is 0.201. The molecule has 0 spiro atoms. The Morgan fingerprint density at radius 1 is 1.26 bits per heavy atom. The Kier molecular flexibility index (Phi) is 3.41. The maximum atomic E-state index is 9.84. The van der Waals surface area contributed by atoms with Gasteiger partial charge in [0.25, 0.3) is 0 Å². The summed E-state index contributed by atoms with van der Waals surface area (Å²) in [7, 11) is 0. The van der Waals surface area contributed by atoms with E-state index in [1.807, 2.05) is 17.3 Å². The Balaban J connectivity index is 2.38. The van der Waals surface area contributed by atoms with Gasteiger partial charge in [-0.1, -0.05) is 43.2 Å². The van der Waals surface area contributed by atoms with Crippen molar-refractivity contribution in [1.29, 1.82) is 5.26 Å². The van der Waals surface area contributed by atoms with E-state index < -0.39 is 5.54 Å². The van der Waals surface area contributed by atoms with Gasteiger partial charge in [-0.05, 0) is 25.3 Å². The van der Waals surface area contributed by atoms with Crippen molar-refractivity contribution in [2.75, 3.05) is 0 Å². The molecule has 0 saturated heterocycles. The SMILES string of the molecule is Cc1cc(C)cc(C2(C(C)C)C(C#N)=C(N)N=C3NC=CN32)c1. The fraction of sp³-hybridized carbons (Fsp3) is 0.333. The number of benzene rings is 1. The molecule has 5 nitrogen and oxygen atoms in total. The second-order valence-corrected chi connectivity index (χ2v) is 6.44. The van der Waals surface area contributed by atoms with Gasteiger partial charge in [0.15, 0.2) is 0 Å². The van der Waals surface area contributed by atoms with Crippen molar-refractivity contribution in [2.45, 2.75) is 33.2 Å². The topological polar surface area (TPSA) is 77.4 Å². The Morgan fingerprint density at radius 3 is 2.48 bits per heavy atom. The molecule has 2 aliphatic rings. The summed E-state index contributed by atoms with van der Waals surface area (Å²) < 4.78 is 0. The van der Waals surface area contributed by atoms with Crippen molar-refractivity contribution in [2.24, 2.45) is 16.6 Å². The maximum absolute atomic E-state index is 9.84. The molecule has 1 unspecified atom stereocenters. The molecular weight excluding hydrogens is 286 g/mol. The van der Waals surface area contributed by atoms with Crippen molar-refractivity contribution >= 4 is 5.96 Å². The third-order valence-electron chi connectivity index (χ3n) is 4.52. The Bertz CT molecular complexity index is 774. The Labute approximate surface area is 136 Å². The van der Waals surface area contributed by atoms with E-state index in [0.717, 1.165) is 16.7 Å². The quantitative estimate of drug-likeness (QED) is 0.880. The summed E-state index contributed by atoms with van der Waals surface area (Å²) >= 11 is 0. The smallest absolute Gasteiger partial charge is 0.209 e. The van der Waals surface area contributed by atoms with Crippen molar-refractivity contribution in [3.63, 3.8) is 0 Å². The predicted octanol–water partition coefficient (Wildman–Crippen LogP) is 2.59. The summed E-state index contributed by atoms with van der Waals surface area (Å²) in [5.41, 5.74) is 9.37. The van der Waals surface area contributed by atoms with Crippen molar-refractivity contribution in [3.05, 3.63) is 58.7 Å². The van der Waals surface area contributed by atoms with Gasteiger partial charge in [-0.3, -0.25) is 0 Å². The molecule has 0 fully saturated rings. The zero-order chi connectivity index (χ0) is 16.8. The van der Waals surface area contributed by atoms with E-state index in [9.17, 15) is 5.26 Å². The lowest BCUT2D eigenvalue weighted by atomic mass is 9.72. The van der Waals surface area contributed by atoms with Gasteiger partial charge in [-0.2, -0.15) is 10.3 Å².